The quantitative estimate of drug-likeness (QED) is 0.374. The number of nitrogens with one attached hydrogen (secondary N) is 2. The number of nitrogens with zero attached hydrogens (tertiary/aromatic N) is 4. The fourth-order valence-electron chi connectivity index (χ4n) is 2.78. The summed E-state index contributed by atoms with van der Waals surface area (Å²) in [6.07, 6.45) is 2.33. The Bertz CT molecular complexity index is 1350. The minimum Gasteiger partial charge on any atom is -0.368 e. The van der Waals surface area contributed by atoms with Crippen molar-refractivity contribution in [1.82, 2.24) is 19.7 Å². The average molecular weight is 470 g/mol. The van der Waals surface area contributed by atoms with Gasteiger partial charge in [0.25, 0.3) is 15.9 Å². The van der Waals surface area contributed by atoms with E-state index in [0.29, 0.717) is 10.6 Å². The minimum absolute atomic E-state index is 0.0530. The van der Waals surface area contributed by atoms with Gasteiger partial charge in [-0.2, -0.15) is 9.67 Å². The molecule has 4 aromatic rings. The second-order valence-electron chi connectivity index (χ2n) is 6.60. The molecule has 0 saturated carbocycles. The van der Waals surface area contributed by atoms with E-state index in [4.69, 9.17) is 5.73 Å². The molecule has 4 rings (SSSR count). The molecule has 164 valence electrons. The molecule has 12 heteroatoms. The van der Waals surface area contributed by atoms with Crippen molar-refractivity contribution in [3.63, 3.8) is 0 Å². The molecule has 0 aliphatic carbocycles. The minimum atomic E-state index is -3.79. The molecule has 0 spiro atoms. The van der Waals surface area contributed by atoms with Crippen LogP contribution in [0.3, 0.4) is 0 Å². The molecular formula is C20H19N7O3S2. The number of benzene rings is 1. The smallest absolute Gasteiger partial charge is 0.291 e. The lowest BCUT2D eigenvalue weighted by Gasteiger charge is -2.08. The summed E-state index contributed by atoms with van der Waals surface area (Å²) < 4.78 is 28.4. The highest BCUT2D eigenvalue weighted by Gasteiger charge is 2.18. The van der Waals surface area contributed by atoms with Gasteiger partial charge in [0.05, 0.1) is 9.77 Å². The second-order valence-corrected chi connectivity index (χ2v) is 9.45. The lowest BCUT2D eigenvalue weighted by Crippen LogP contribution is -2.15. The van der Waals surface area contributed by atoms with Crippen LogP contribution < -0.4 is 15.8 Å². The van der Waals surface area contributed by atoms with Gasteiger partial charge in [0.2, 0.25) is 11.9 Å². The van der Waals surface area contributed by atoms with Crippen molar-refractivity contribution < 1.29 is 13.2 Å². The fraction of sp³-hybridized carbons (Fsp3) is 0.100. The molecule has 3 aromatic heterocycles. The van der Waals surface area contributed by atoms with Crippen molar-refractivity contribution in [1.29, 1.82) is 0 Å². The van der Waals surface area contributed by atoms with Gasteiger partial charge in [-0.3, -0.25) is 9.52 Å². The molecule has 4 N–H and O–H groups in total. The summed E-state index contributed by atoms with van der Waals surface area (Å²) in [4.78, 5) is 22.3. The maximum atomic E-state index is 12.7. The van der Waals surface area contributed by atoms with Crippen molar-refractivity contribution in [2.24, 2.45) is 0 Å². The van der Waals surface area contributed by atoms with Crippen LogP contribution in [0.1, 0.15) is 21.5 Å². The third kappa shape index (κ3) is 4.60. The molecule has 10 nitrogen and oxygen atoms in total. The molecule has 32 heavy (non-hydrogen) atoms. The molecule has 0 unspecified atom stereocenters. The van der Waals surface area contributed by atoms with Gasteiger partial charge < -0.3 is 11.1 Å². The average Bonchev–Trinajstić information content (AvgIpc) is 3.40. The molecule has 0 aliphatic rings. The molecule has 0 atom stereocenters. The molecule has 0 aliphatic heterocycles. The Morgan fingerprint density at radius 3 is 2.56 bits per heavy atom. The van der Waals surface area contributed by atoms with E-state index in [-0.39, 0.29) is 28.5 Å². The van der Waals surface area contributed by atoms with E-state index in [1.807, 2.05) is 13.0 Å². The first-order valence-corrected chi connectivity index (χ1v) is 11.8. The van der Waals surface area contributed by atoms with Crippen molar-refractivity contribution in [2.45, 2.75) is 18.2 Å². The third-order valence-corrected chi connectivity index (χ3v) is 6.96. The molecule has 1 aromatic carbocycles. The first kappa shape index (κ1) is 21.5. The number of anilines is 4. The summed E-state index contributed by atoms with van der Waals surface area (Å²) in [5.74, 6) is -0.0794. The molecule has 3 heterocycles. The Kier molecular flexibility index (Phi) is 5.88. The van der Waals surface area contributed by atoms with Gasteiger partial charge in [0.15, 0.2) is 0 Å². The first-order chi connectivity index (χ1) is 15.4. The number of pyridine rings is 1. The SMILES string of the molecule is CCc1ccc(C(=O)n2nc(Nc3ccc(S(=O)(=O)Nc4ccccn4)cc3)nc2N)s1. The van der Waals surface area contributed by atoms with Gasteiger partial charge in [0.1, 0.15) is 5.82 Å². The van der Waals surface area contributed by atoms with E-state index in [9.17, 15) is 13.2 Å². The Hall–Kier alpha value is -3.77. The number of carbonyl (C=O) groups is 1. The molecule has 0 radical (unpaired) electrons. The summed E-state index contributed by atoms with van der Waals surface area (Å²) in [5.41, 5.74) is 6.39. The highest BCUT2D eigenvalue weighted by atomic mass is 32.2. The van der Waals surface area contributed by atoms with Crippen LogP contribution in [0.15, 0.2) is 65.7 Å². The lowest BCUT2D eigenvalue weighted by molar-refractivity contribution is 0.0952. The van der Waals surface area contributed by atoms with Gasteiger partial charge in [0, 0.05) is 16.8 Å². The summed E-state index contributed by atoms with van der Waals surface area (Å²) in [5, 5.41) is 7.05. The van der Waals surface area contributed by atoms with E-state index >= 15 is 0 Å². The van der Waals surface area contributed by atoms with Crippen molar-refractivity contribution in [2.75, 3.05) is 15.8 Å². The van der Waals surface area contributed by atoms with Gasteiger partial charge >= 0.3 is 0 Å². The number of hydrogen-bond acceptors (Lipinski definition) is 9. The van der Waals surface area contributed by atoms with Gasteiger partial charge in [-0.15, -0.1) is 16.4 Å². The lowest BCUT2D eigenvalue weighted by atomic mass is 10.3. The number of carbonyl (C=O) groups excluding carboxylic acids is 1. The number of sulfonamides is 1. The Morgan fingerprint density at radius 2 is 1.91 bits per heavy atom. The summed E-state index contributed by atoms with van der Waals surface area (Å²) in [6, 6.07) is 14.5. The van der Waals surface area contributed by atoms with Crippen molar-refractivity contribution in [3.05, 3.63) is 70.5 Å². The third-order valence-electron chi connectivity index (χ3n) is 4.37. The van der Waals surface area contributed by atoms with Crippen molar-refractivity contribution >= 4 is 50.7 Å². The summed E-state index contributed by atoms with van der Waals surface area (Å²) >= 11 is 1.38. The number of aromatic nitrogens is 4. The topological polar surface area (TPSA) is 145 Å². The van der Waals surface area contributed by atoms with Gasteiger partial charge in [-0.1, -0.05) is 13.0 Å². The van der Waals surface area contributed by atoms with Crippen LogP contribution in [-0.2, 0) is 16.4 Å². The van der Waals surface area contributed by atoms with Crippen LogP contribution in [0.2, 0.25) is 0 Å². The standard InChI is InChI=1S/C20H19N7O3S2/c1-2-14-8-11-16(31-14)18(28)27-19(21)24-20(25-27)23-13-6-9-15(10-7-13)32(29,30)26-17-5-3-4-12-22-17/h3-12H,2H2,1H3,(H,22,26)(H3,21,23,24,25). The van der Waals surface area contributed by atoms with E-state index in [1.165, 1.54) is 29.7 Å². The first-order valence-electron chi connectivity index (χ1n) is 9.52. The van der Waals surface area contributed by atoms with Crippen LogP contribution in [0, 0.1) is 0 Å². The van der Waals surface area contributed by atoms with Gasteiger partial charge in [-0.05, 0) is 55.0 Å². The van der Waals surface area contributed by atoms with Crippen LogP contribution in [0.25, 0.3) is 0 Å². The molecular weight excluding hydrogens is 450 g/mol. The summed E-state index contributed by atoms with van der Waals surface area (Å²) in [6.45, 7) is 2.01. The van der Waals surface area contributed by atoms with Gasteiger partial charge in [-0.25, -0.2) is 13.4 Å². The predicted octanol–water partition coefficient (Wildman–Crippen LogP) is 3.11. The van der Waals surface area contributed by atoms with E-state index in [2.05, 4.69) is 25.1 Å². The Labute approximate surface area is 188 Å². The van der Waals surface area contributed by atoms with Crippen LogP contribution >= 0.6 is 11.3 Å². The number of rotatable bonds is 7. The Balaban J connectivity index is 1.48. The number of nitrogen functional groups attached to an aromatic ring is 1. The molecule has 0 fully saturated rings. The van der Waals surface area contributed by atoms with E-state index in [1.54, 1.807) is 36.4 Å². The molecule has 0 amide bonds. The number of nitrogens with two attached hydrogens (primary N) is 1. The second kappa shape index (κ2) is 8.77. The highest BCUT2D eigenvalue weighted by Crippen LogP contribution is 2.22. The zero-order valence-corrected chi connectivity index (χ0v) is 18.5. The largest absolute Gasteiger partial charge is 0.368 e. The number of thiophene rings is 1. The zero-order chi connectivity index (χ0) is 22.7. The fourth-order valence-corrected chi connectivity index (χ4v) is 4.66. The number of hydrogen-bond donors (Lipinski definition) is 3. The summed E-state index contributed by atoms with van der Waals surface area (Å²) in [7, 11) is -3.79. The normalized spacial score (nSPS) is 11.3. The van der Waals surface area contributed by atoms with E-state index in [0.717, 1.165) is 16.0 Å². The molecule has 0 saturated heterocycles. The zero-order valence-electron chi connectivity index (χ0n) is 16.9. The van der Waals surface area contributed by atoms with Crippen LogP contribution in [0.4, 0.5) is 23.4 Å². The monoisotopic (exact) mass is 469 g/mol. The van der Waals surface area contributed by atoms with E-state index < -0.39 is 10.0 Å². The van der Waals surface area contributed by atoms with Crippen molar-refractivity contribution in [3.8, 4) is 0 Å². The highest BCUT2D eigenvalue weighted by molar-refractivity contribution is 7.92. The Morgan fingerprint density at radius 1 is 1.12 bits per heavy atom. The number of aryl methyl sites for hydroxylation is 1. The maximum absolute atomic E-state index is 12.7. The predicted molar refractivity (Wildman–Crippen MR) is 123 cm³/mol. The van der Waals surface area contributed by atoms with Crippen LogP contribution in [0.5, 0.6) is 0 Å². The molecule has 0 bridgehead atoms. The van der Waals surface area contributed by atoms with Crippen LogP contribution in [-0.4, -0.2) is 34.1 Å². The maximum Gasteiger partial charge on any atom is 0.291 e.